The van der Waals surface area contributed by atoms with Crippen molar-refractivity contribution in [3.8, 4) is 0 Å². The summed E-state index contributed by atoms with van der Waals surface area (Å²) in [5, 5.41) is 0. The highest BCUT2D eigenvalue weighted by Crippen LogP contribution is 2.24. The van der Waals surface area contributed by atoms with Crippen molar-refractivity contribution >= 4 is 5.97 Å². The van der Waals surface area contributed by atoms with Gasteiger partial charge in [-0.2, -0.15) is 0 Å². The van der Waals surface area contributed by atoms with E-state index in [9.17, 15) is 4.79 Å². The van der Waals surface area contributed by atoms with Crippen LogP contribution in [0.4, 0.5) is 0 Å². The highest BCUT2D eigenvalue weighted by molar-refractivity contribution is 5.69. The fraction of sp³-hybridized carbons (Fsp3) is 0.960. The lowest BCUT2D eigenvalue weighted by molar-refractivity contribution is -0.144. The first-order chi connectivity index (χ1) is 12.9. The molecule has 0 unspecified atom stereocenters. The van der Waals surface area contributed by atoms with Gasteiger partial charge in [0.2, 0.25) is 0 Å². The molecular formula is C25H50O2. The van der Waals surface area contributed by atoms with E-state index in [0.29, 0.717) is 13.0 Å². The molecule has 0 fully saturated rings. The summed E-state index contributed by atoms with van der Waals surface area (Å²) in [6, 6.07) is 0. The third kappa shape index (κ3) is 20.0. The molecule has 0 spiro atoms. The predicted octanol–water partition coefficient (Wildman–Crippen LogP) is 8.47. The molecule has 0 aromatic rings. The molecule has 0 saturated carbocycles. The second kappa shape index (κ2) is 17.6. The maximum absolute atomic E-state index is 11.8. The van der Waals surface area contributed by atoms with Crippen LogP contribution in [0.25, 0.3) is 0 Å². The molecule has 2 heteroatoms. The molecular weight excluding hydrogens is 332 g/mol. The Morgan fingerprint density at radius 2 is 1.22 bits per heavy atom. The van der Waals surface area contributed by atoms with Crippen LogP contribution in [0.2, 0.25) is 0 Å². The molecule has 0 amide bonds. The van der Waals surface area contributed by atoms with Crippen molar-refractivity contribution in [1.29, 1.82) is 0 Å². The highest BCUT2D eigenvalue weighted by atomic mass is 16.5. The molecule has 0 atom stereocenters. The summed E-state index contributed by atoms with van der Waals surface area (Å²) in [6.07, 6.45) is 20.2. The largest absolute Gasteiger partial charge is 0.466 e. The Hall–Kier alpha value is -0.530. The Morgan fingerprint density at radius 3 is 1.67 bits per heavy atom. The maximum atomic E-state index is 11.8. The van der Waals surface area contributed by atoms with Crippen LogP contribution in [0, 0.1) is 11.3 Å². The first-order valence-corrected chi connectivity index (χ1v) is 12.0. The SMILES string of the molecule is CCCCCCC(CCCCCC)CCCCCC(=O)OCCC(C)(C)C. The van der Waals surface area contributed by atoms with Crippen molar-refractivity contribution in [2.75, 3.05) is 6.61 Å². The zero-order valence-corrected chi connectivity index (χ0v) is 19.4. The van der Waals surface area contributed by atoms with Crippen LogP contribution in [-0.2, 0) is 9.53 Å². The number of ether oxygens (including phenoxy) is 1. The summed E-state index contributed by atoms with van der Waals surface area (Å²) in [5.41, 5.74) is 0.240. The second-order valence-electron chi connectivity index (χ2n) is 9.70. The minimum absolute atomic E-state index is 0.00469. The number of carbonyl (C=O) groups is 1. The first kappa shape index (κ1) is 26.5. The van der Waals surface area contributed by atoms with Crippen LogP contribution in [0.1, 0.15) is 137 Å². The minimum Gasteiger partial charge on any atom is -0.466 e. The molecule has 0 N–H and O–H groups in total. The Morgan fingerprint density at radius 1 is 0.741 bits per heavy atom. The van der Waals surface area contributed by atoms with Gasteiger partial charge < -0.3 is 4.74 Å². The lowest BCUT2D eigenvalue weighted by atomic mass is 9.89. The van der Waals surface area contributed by atoms with E-state index < -0.39 is 0 Å². The van der Waals surface area contributed by atoms with Gasteiger partial charge in [-0.1, -0.05) is 118 Å². The number of hydrogen-bond acceptors (Lipinski definition) is 2. The van der Waals surface area contributed by atoms with Crippen LogP contribution in [0.5, 0.6) is 0 Å². The van der Waals surface area contributed by atoms with Crippen molar-refractivity contribution in [2.24, 2.45) is 11.3 Å². The normalized spacial score (nSPS) is 11.9. The van der Waals surface area contributed by atoms with Gasteiger partial charge in [-0.05, 0) is 24.2 Å². The molecule has 0 aromatic heterocycles. The van der Waals surface area contributed by atoms with Gasteiger partial charge in [0.25, 0.3) is 0 Å². The van der Waals surface area contributed by atoms with Crippen molar-refractivity contribution in [1.82, 2.24) is 0 Å². The average molecular weight is 383 g/mol. The Bertz CT molecular complexity index is 318. The van der Waals surface area contributed by atoms with Gasteiger partial charge in [0.05, 0.1) is 6.61 Å². The fourth-order valence-electron chi connectivity index (χ4n) is 3.57. The summed E-state index contributed by atoms with van der Waals surface area (Å²) in [7, 11) is 0. The smallest absolute Gasteiger partial charge is 0.305 e. The van der Waals surface area contributed by atoms with E-state index in [1.165, 1.54) is 83.5 Å². The predicted molar refractivity (Wildman–Crippen MR) is 119 cm³/mol. The highest BCUT2D eigenvalue weighted by Gasteiger charge is 2.12. The van der Waals surface area contributed by atoms with Gasteiger partial charge >= 0.3 is 5.97 Å². The topological polar surface area (TPSA) is 26.3 Å². The third-order valence-electron chi connectivity index (χ3n) is 5.54. The summed E-state index contributed by atoms with van der Waals surface area (Å²) in [5.74, 6) is 0.910. The lowest BCUT2D eigenvalue weighted by Crippen LogP contribution is -2.13. The van der Waals surface area contributed by atoms with Crippen LogP contribution < -0.4 is 0 Å². The monoisotopic (exact) mass is 382 g/mol. The van der Waals surface area contributed by atoms with Gasteiger partial charge in [0, 0.05) is 6.42 Å². The Balaban J connectivity index is 3.83. The van der Waals surface area contributed by atoms with Gasteiger partial charge in [-0.15, -0.1) is 0 Å². The number of esters is 1. The molecule has 0 bridgehead atoms. The molecule has 27 heavy (non-hydrogen) atoms. The molecule has 0 aliphatic carbocycles. The average Bonchev–Trinajstić information content (AvgIpc) is 2.60. The van der Waals surface area contributed by atoms with Crippen molar-refractivity contribution in [3.63, 3.8) is 0 Å². The zero-order valence-electron chi connectivity index (χ0n) is 19.4. The molecule has 0 radical (unpaired) electrons. The molecule has 162 valence electrons. The molecule has 0 aliphatic heterocycles. The molecule has 0 aromatic carbocycles. The van der Waals surface area contributed by atoms with Crippen molar-refractivity contribution in [2.45, 2.75) is 137 Å². The summed E-state index contributed by atoms with van der Waals surface area (Å²) < 4.78 is 5.36. The van der Waals surface area contributed by atoms with E-state index >= 15 is 0 Å². The number of rotatable bonds is 18. The van der Waals surface area contributed by atoms with Crippen LogP contribution in [-0.4, -0.2) is 12.6 Å². The van der Waals surface area contributed by atoms with Gasteiger partial charge in [0.1, 0.15) is 0 Å². The van der Waals surface area contributed by atoms with Crippen LogP contribution >= 0.6 is 0 Å². The number of hydrogen-bond donors (Lipinski definition) is 0. The summed E-state index contributed by atoms with van der Waals surface area (Å²) in [6.45, 7) is 11.7. The van der Waals surface area contributed by atoms with E-state index in [4.69, 9.17) is 4.74 Å². The maximum Gasteiger partial charge on any atom is 0.305 e. The minimum atomic E-state index is -0.00469. The summed E-state index contributed by atoms with van der Waals surface area (Å²) >= 11 is 0. The Kier molecular flexibility index (Phi) is 17.2. The summed E-state index contributed by atoms with van der Waals surface area (Å²) in [4.78, 5) is 11.8. The molecule has 0 rings (SSSR count). The molecule has 0 saturated heterocycles. The van der Waals surface area contributed by atoms with E-state index in [1.807, 2.05) is 0 Å². The van der Waals surface area contributed by atoms with E-state index in [1.54, 1.807) is 0 Å². The second-order valence-corrected chi connectivity index (χ2v) is 9.70. The fourth-order valence-corrected chi connectivity index (χ4v) is 3.57. The number of carbonyl (C=O) groups excluding carboxylic acids is 1. The van der Waals surface area contributed by atoms with Gasteiger partial charge in [-0.3, -0.25) is 4.79 Å². The van der Waals surface area contributed by atoms with E-state index in [-0.39, 0.29) is 11.4 Å². The van der Waals surface area contributed by atoms with Gasteiger partial charge in [-0.25, -0.2) is 0 Å². The van der Waals surface area contributed by atoms with E-state index in [0.717, 1.165) is 18.8 Å². The van der Waals surface area contributed by atoms with Crippen molar-refractivity contribution < 1.29 is 9.53 Å². The molecule has 0 aliphatic rings. The Labute approximate surface area is 171 Å². The quantitative estimate of drug-likeness (QED) is 0.175. The first-order valence-electron chi connectivity index (χ1n) is 12.0. The standard InChI is InChI=1S/C25H50O2/c1-6-8-10-13-17-23(18-14-11-9-7-2)19-15-12-16-20-24(26)27-22-21-25(3,4)5/h23H,6-22H2,1-5H3. The lowest BCUT2D eigenvalue weighted by Gasteiger charge is -2.18. The van der Waals surface area contributed by atoms with Crippen LogP contribution in [0.15, 0.2) is 0 Å². The van der Waals surface area contributed by atoms with Crippen molar-refractivity contribution in [3.05, 3.63) is 0 Å². The zero-order chi connectivity index (χ0) is 20.4. The molecule has 0 heterocycles. The van der Waals surface area contributed by atoms with Crippen LogP contribution in [0.3, 0.4) is 0 Å². The molecule has 2 nitrogen and oxygen atoms in total. The van der Waals surface area contributed by atoms with E-state index in [2.05, 4.69) is 34.6 Å². The van der Waals surface area contributed by atoms with Gasteiger partial charge in [0.15, 0.2) is 0 Å². The number of unbranched alkanes of at least 4 members (excludes halogenated alkanes) is 8. The third-order valence-corrected chi connectivity index (χ3v) is 5.54.